The van der Waals surface area contributed by atoms with Crippen molar-refractivity contribution >= 4 is 35.2 Å². The lowest BCUT2D eigenvalue weighted by molar-refractivity contribution is -0.145. The number of rotatable bonds is 5. The molecule has 0 N–H and O–H groups in total. The van der Waals surface area contributed by atoms with Gasteiger partial charge in [-0.15, -0.1) is 0 Å². The van der Waals surface area contributed by atoms with Gasteiger partial charge in [-0.2, -0.15) is 0 Å². The Bertz CT molecular complexity index is 816. The summed E-state index contributed by atoms with van der Waals surface area (Å²) < 4.78 is 10.9. The fourth-order valence-corrected chi connectivity index (χ4v) is 3.10. The molecule has 27 heavy (non-hydrogen) atoms. The second kappa shape index (κ2) is 9.16. The summed E-state index contributed by atoms with van der Waals surface area (Å²) in [5.74, 6) is -1.07. The van der Waals surface area contributed by atoms with Gasteiger partial charge in [0.1, 0.15) is 0 Å². The highest BCUT2D eigenvalue weighted by atomic mass is 35.5. The smallest absolute Gasteiger partial charge is 0.359 e. The topological polar surface area (TPSA) is 81.6 Å². The molecule has 1 aromatic heterocycles. The van der Waals surface area contributed by atoms with Gasteiger partial charge in [0.2, 0.25) is 6.10 Å². The number of hydrogen-bond acceptors (Lipinski definition) is 7. The zero-order valence-corrected chi connectivity index (χ0v) is 16.2. The van der Waals surface area contributed by atoms with Crippen LogP contribution in [0.4, 0.5) is 0 Å². The van der Waals surface area contributed by atoms with E-state index in [2.05, 4.69) is 9.97 Å². The first-order chi connectivity index (χ1) is 13.1. The lowest BCUT2D eigenvalue weighted by atomic mass is 10.1. The number of carbonyl (C=O) groups is 2. The zero-order chi connectivity index (χ0) is 19.2. The summed E-state index contributed by atoms with van der Waals surface area (Å²) in [6.07, 6.45) is 2.05. The molecule has 0 bridgehead atoms. The predicted molar refractivity (Wildman–Crippen MR) is 101 cm³/mol. The molecule has 0 saturated carbocycles. The standard InChI is InChI=1S/C18H18ClN3O4S/c1-27-18-20-11-13(19)14(21-18)17(24)26-15(12-5-3-2-4-6-12)16(23)22-7-9-25-10-8-22/h2-6,11,15H,7-10H2,1H3/t15-/m0/s1. The molecular weight excluding hydrogens is 390 g/mol. The Morgan fingerprint density at radius 2 is 1.96 bits per heavy atom. The highest BCUT2D eigenvalue weighted by Crippen LogP contribution is 2.24. The van der Waals surface area contributed by atoms with Crippen molar-refractivity contribution in [2.75, 3.05) is 32.6 Å². The zero-order valence-electron chi connectivity index (χ0n) is 14.6. The molecule has 1 amide bonds. The number of esters is 1. The molecule has 1 saturated heterocycles. The van der Waals surface area contributed by atoms with Crippen molar-refractivity contribution in [2.24, 2.45) is 0 Å². The number of ether oxygens (including phenoxy) is 2. The Morgan fingerprint density at radius 1 is 1.26 bits per heavy atom. The van der Waals surface area contributed by atoms with Gasteiger partial charge in [-0.1, -0.05) is 53.7 Å². The molecule has 2 aromatic rings. The number of thioether (sulfide) groups is 1. The van der Waals surface area contributed by atoms with Crippen LogP contribution in [-0.2, 0) is 14.3 Å². The Hall–Kier alpha value is -2.16. The van der Waals surface area contributed by atoms with Gasteiger partial charge in [0, 0.05) is 18.7 Å². The van der Waals surface area contributed by atoms with Crippen molar-refractivity contribution in [2.45, 2.75) is 11.3 Å². The predicted octanol–water partition coefficient (Wildman–Crippen LogP) is 2.61. The summed E-state index contributed by atoms with van der Waals surface area (Å²) in [6, 6.07) is 8.88. The fraction of sp³-hybridized carbons (Fsp3) is 0.333. The Balaban J connectivity index is 1.87. The summed E-state index contributed by atoms with van der Waals surface area (Å²) in [5.41, 5.74) is 0.518. The molecule has 0 aliphatic carbocycles. The highest BCUT2D eigenvalue weighted by molar-refractivity contribution is 7.98. The van der Waals surface area contributed by atoms with E-state index in [1.165, 1.54) is 18.0 Å². The van der Waals surface area contributed by atoms with E-state index < -0.39 is 12.1 Å². The van der Waals surface area contributed by atoms with Gasteiger partial charge in [-0.05, 0) is 6.26 Å². The Kier molecular flexibility index (Phi) is 6.65. The molecule has 1 atom stereocenters. The van der Waals surface area contributed by atoms with Gasteiger partial charge >= 0.3 is 5.97 Å². The number of carbonyl (C=O) groups excluding carboxylic acids is 2. The van der Waals surface area contributed by atoms with Crippen LogP contribution in [0.25, 0.3) is 0 Å². The van der Waals surface area contributed by atoms with E-state index in [0.717, 1.165) is 0 Å². The molecule has 1 aromatic carbocycles. The molecule has 142 valence electrons. The molecule has 0 radical (unpaired) electrons. The third-order valence-corrected chi connectivity index (χ3v) is 4.81. The molecule has 3 rings (SSSR count). The minimum atomic E-state index is -1.08. The summed E-state index contributed by atoms with van der Waals surface area (Å²) in [4.78, 5) is 35.4. The van der Waals surface area contributed by atoms with E-state index in [0.29, 0.717) is 37.0 Å². The lowest BCUT2D eigenvalue weighted by Gasteiger charge is -2.30. The second-order valence-electron chi connectivity index (χ2n) is 5.69. The van der Waals surface area contributed by atoms with Gasteiger partial charge in [0.15, 0.2) is 10.9 Å². The van der Waals surface area contributed by atoms with Crippen molar-refractivity contribution in [3.63, 3.8) is 0 Å². The Morgan fingerprint density at radius 3 is 2.63 bits per heavy atom. The maximum Gasteiger partial charge on any atom is 0.359 e. The molecule has 1 aliphatic rings. The quantitative estimate of drug-likeness (QED) is 0.428. The largest absolute Gasteiger partial charge is 0.443 e. The minimum Gasteiger partial charge on any atom is -0.443 e. The van der Waals surface area contributed by atoms with E-state index in [4.69, 9.17) is 21.1 Å². The maximum absolute atomic E-state index is 13.0. The van der Waals surface area contributed by atoms with Gasteiger partial charge in [-0.25, -0.2) is 14.8 Å². The first-order valence-electron chi connectivity index (χ1n) is 8.29. The fourth-order valence-electron chi connectivity index (χ4n) is 2.59. The second-order valence-corrected chi connectivity index (χ2v) is 6.87. The van der Waals surface area contributed by atoms with Crippen molar-refractivity contribution in [3.05, 3.63) is 52.8 Å². The van der Waals surface area contributed by atoms with Gasteiger partial charge in [0.05, 0.1) is 24.4 Å². The molecule has 1 aliphatic heterocycles. The number of halogens is 1. The number of nitrogens with zero attached hydrogens (tertiary/aromatic N) is 3. The average molecular weight is 408 g/mol. The van der Waals surface area contributed by atoms with Crippen LogP contribution in [0.3, 0.4) is 0 Å². The van der Waals surface area contributed by atoms with E-state index >= 15 is 0 Å². The van der Waals surface area contributed by atoms with Gasteiger partial charge in [0.25, 0.3) is 5.91 Å². The first kappa shape index (κ1) is 19.6. The van der Waals surface area contributed by atoms with Crippen LogP contribution < -0.4 is 0 Å². The van der Waals surface area contributed by atoms with Crippen LogP contribution in [0.2, 0.25) is 5.02 Å². The normalized spacial score (nSPS) is 15.3. The number of benzene rings is 1. The van der Waals surface area contributed by atoms with E-state index in [9.17, 15) is 9.59 Å². The van der Waals surface area contributed by atoms with Crippen molar-refractivity contribution in [1.82, 2.24) is 14.9 Å². The molecule has 9 heteroatoms. The average Bonchev–Trinajstić information content (AvgIpc) is 2.73. The summed E-state index contributed by atoms with van der Waals surface area (Å²) in [6.45, 7) is 1.81. The number of aromatic nitrogens is 2. The molecule has 7 nitrogen and oxygen atoms in total. The van der Waals surface area contributed by atoms with Crippen LogP contribution in [0.15, 0.2) is 41.7 Å². The minimum absolute atomic E-state index is 0.0632. The number of morpholine rings is 1. The molecule has 1 fully saturated rings. The Labute approximate surface area is 166 Å². The summed E-state index contributed by atoms with van der Waals surface area (Å²) >= 11 is 7.33. The molecule has 0 unspecified atom stereocenters. The monoisotopic (exact) mass is 407 g/mol. The van der Waals surface area contributed by atoms with Gasteiger partial charge in [-0.3, -0.25) is 4.79 Å². The van der Waals surface area contributed by atoms with Crippen LogP contribution in [0.5, 0.6) is 0 Å². The number of hydrogen-bond donors (Lipinski definition) is 0. The molecular formula is C18H18ClN3O4S. The lowest BCUT2D eigenvalue weighted by Crippen LogP contribution is -2.44. The summed E-state index contributed by atoms with van der Waals surface area (Å²) in [5, 5.41) is 0.463. The third-order valence-electron chi connectivity index (χ3n) is 3.97. The maximum atomic E-state index is 13.0. The highest BCUT2D eigenvalue weighted by Gasteiger charge is 2.31. The summed E-state index contributed by atoms with van der Waals surface area (Å²) in [7, 11) is 0. The van der Waals surface area contributed by atoms with Crippen molar-refractivity contribution < 1.29 is 19.1 Å². The van der Waals surface area contributed by atoms with Gasteiger partial charge < -0.3 is 14.4 Å². The van der Waals surface area contributed by atoms with Crippen LogP contribution in [0, 0.1) is 0 Å². The van der Waals surface area contributed by atoms with Crippen molar-refractivity contribution in [3.8, 4) is 0 Å². The molecule has 0 spiro atoms. The van der Waals surface area contributed by atoms with Crippen LogP contribution in [-0.4, -0.2) is 59.3 Å². The van der Waals surface area contributed by atoms with Crippen molar-refractivity contribution in [1.29, 1.82) is 0 Å². The van der Waals surface area contributed by atoms with E-state index in [1.807, 2.05) is 6.07 Å². The van der Waals surface area contributed by atoms with Crippen LogP contribution >= 0.6 is 23.4 Å². The molecule has 2 heterocycles. The SMILES string of the molecule is CSc1ncc(Cl)c(C(=O)O[C@H](C(=O)N2CCOCC2)c2ccccc2)n1. The van der Waals surface area contributed by atoms with Crippen LogP contribution in [0.1, 0.15) is 22.2 Å². The van der Waals surface area contributed by atoms with E-state index in [1.54, 1.807) is 35.4 Å². The van der Waals surface area contributed by atoms with E-state index in [-0.39, 0.29) is 16.6 Å². The first-order valence-corrected chi connectivity index (χ1v) is 9.89. The number of amides is 1. The third kappa shape index (κ3) is 4.77.